The van der Waals surface area contributed by atoms with Gasteiger partial charge in [0.2, 0.25) is 5.91 Å². The van der Waals surface area contributed by atoms with Crippen molar-refractivity contribution in [2.24, 2.45) is 5.73 Å². The number of primary amides is 1. The second-order valence-electron chi connectivity index (χ2n) is 4.89. The fourth-order valence-corrected chi connectivity index (χ4v) is 4.10. The number of halogens is 1. The van der Waals surface area contributed by atoms with Gasteiger partial charge in [0, 0.05) is 11.0 Å². The van der Waals surface area contributed by atoms with Crippen LogP contribution < -0.4 is 11.1 Å². The van der Waals surface area contributed by atoms with Crippen LogP contribution in [-0.2, 0) is 17.6 Å². The molecule has 22 heavy (non-hydrogen) atoms. The monoisotopic (exact) mass is 380 g/mol. The highest BCUT2D eigenvalue weighted by Crippen LogP contribution is 2.38. The smallest absolute Gasteiger partial charge is 0.251 e. The third-order valence-electron chi connectivity index (χ3n) is 3.40. The molecule has 2 aromatic rings. The Morgan fingerprint density at radius 3 is 2.86 bits per heavy atom. The Bertz CT molecular complexity index is 776. The summed E-state index contributed by atoms with van der Waals surface area (Å²) < 4.78 is 5.87. The van der Waals surface area contributed by atoms with Gasteiger partial charge < -0.3 is 15.5 Å². The molecule has 1 aliphatic carbocycles. The average Bonchev–Trinajstić information content (AvgIpc) is 3.11. The Balaban J connectivity index is 1.77. The summed E-state index contributed by atoms with van der Waals surface area (Å²) >= 11 is 4.63. The SMILES string of the molecule is NC(=O)c1c(NC(=O)/C=C/c2ccc(Br)o2)sc2c1CCC2. The molecule has 0 aliphatic heterocycles. The van der Waals surface area contributed by atoms with Crippen molar-refractivity contribution in [2.45, 2.75) is 19.3 Å². The second kappa shape index (κ2) is 6.10. The molecule has 0 radical (unpaired) electrons. The number of carbonyl (C=O) groups is 2. The first-order chi connectivity index (χ1) is 10.5. The van der Waals surface area contributed by atoms with Crippen molar-refractivity contribution in [1.29, 1.82) is 0 Å². The molecule has 1 aliphatic rings. The van der Waals surface area contributed by atoms with Crippen LogP contribution in [0.3, 0.4) is 0 Å². The Kier molecular flexibility index (Phi) is 4.17. The lowest BCUT2D eigenvalue weighted by atomic mass is 10.1. The fourth-order valence-electron chi connectivity index (χ4n) is 2.48. The second-order valence-corrected chi connectivity index (χ2v) is 6.78. The van der Waals surface area contributed by atoms with E-state index in [0.29, 0.717) is 21.0 Å². The molecule has 114 valence electrons. The largest absolute Gasteiger partial charge is 0.450 e. The molecule has 0 spiro atoms. The number of hydrogen-bond donors (Lipinski definition) is 2. The molecule has 0 aromatic carbocycles. The van der Waals surface area contributed by atoms with Crippen molar-refractivity contribution in [3.63, 3.8) is 0 Å². The number of thiophene rings is 1. The van der Waals surface area contributed by atoms with Gasteiger partial charge in [-0.1, -0.05) is 0 Å². The molecule has 0 fully saturated rings. The maximum absolute atomic E-state index is 12.0. The molecule has 2 heterocycles. The van der Waals surface area contributed by atoms with Crippen molar-refractivity contribution in [1.82, 2.24) is 0 Å². The molecule has 7 heteroatoms. The van der Waals surface area contributed by atoms with Crippen molar-refractivity contribution >= 4 is 50.2 Å². The van der Waals surface area contributed by atoms with E-state index in [-0.39, 0.29) is 5.91 Å². The van der Waals surface area contributed by atoms with Crippen LogP contribution in [0, 0.1) is 0 Å². The molecule has 3 N–H and O–H groups in total. The van der Waals surface area contributed by atoms with Crippen LogP contribution in [0.25, 0.3) is 6.08 Å². The van der Waals surface area contributed by atoms with Crippen molar-refractivity contribution in [2.75, 3.05) is 5.32 Å². The molecule has 3 rings (SSSR count). The molecular formula is C15H13BrN2O3S. The molecular weight excluding hydrogens is 368 g/mol. The predicted octanol–water partition coefficient (Wildman–Crippen LogP) is 3.34. The zero-order valence-electron chi connectivity index (χ0n) is 11.5. The first-order valence-electron chi connectivity index (χ1n) is 6.73. The van der Waals surface area contributed by atoms with Gasteiger partial charge in [0.25, 0.3) is 5.91 Å². The topological polar surface area (TPSA) is 85.3 Å². The van der Waals surface area contributed by atoms with Gasteiger partial charge >= 0.3 is 0 Å². The first-order valence-corrected chi connectivity index (χ1v) is 8.34. The summed E-state index contributed by atoms with van der Waals surface area (Å²) in [6.07, 6.45) is 5.73. The van der Waals surface area contributed by atoms with Gasteiger partial charge in [0.15, 0.2) is 4.67 Å². The highest BCUT2D eigenvalue weighted by atomic mass is 79.9. The molecule has 0 saturated carbocycles. The molecule has 0 unspecified atom stereocenters. The third kappa shape index (κ3) is 3.00. The number of fused-ring (bicyclic) bond motifs is 1. The Morgan fingerprint density at radius 1 is 1.36 bits per heavy atom. The number of nitrogens with one attached hydrogen (secondary N) is 1. The highest BCUT2D eigenvalue weighted by molar-refractivity contribution is 9.10. The van der Waals surface area contributed by atoms with Crippen LogP contribution in [0.1, 0.15) is 33.0 Å². The van der Waals surface area contributed by atoms with Gasteiger partial charge in [-0.15, -0.1) is 11.3 Å². The van der Waals surface area contributed by atoms with Gasteiger partial charge in [0.05, 0.1) is 5.56 Å². The van der Waals surface area contributed by atoms with Crippen LogP contribution in [0.2, 0.25) is 0 Å². The van der Waals surface area contributed by atoms with E-state index in [9.17, 15) is 9.59 Å². The minimum atomic E-state index is -0.492. The van der Waals surface area contributed by atoms with Crippen LogP contribution in [0.15, 0.2) is 27.3 Å². The normalized spacial score (nSPS) is 13.5. The molecule has 2 aromatic heterocycles. The number of nitrogens with two attached hydrogens (primary N) is 1. The maximum Gasteiger partial charge on any atom is 0.251 e. The van der Waals surface area contributed by atoms with E-state index in [0.717, 1.165) is 29.7 Å². The zero-order valence-corrected chi connectivity index (χ0v) is 13.9. The first kappa shape index (κ1) is 15.1. The average molecular weight is 381 g/mol. The highest BCUT2D eigenvalue weighted by Gasteiger charge is 2.25. The van der Waals surface area contributed by atoms with Gasteiger partial charge in [-0.05, 0) is 59.0 Å². The third-order valence-corrected chi connectivity index (χ3v) is 5.03. The minimum Gasteiger partial charge on any atom is -0.450 e. The van der Waals surface area contributed by atoms with E-state index in [1.54, 1.807) is 18.2 Å². The van der Waals surface area contributed by atoms with Crippen LogP contribution >= 0.6 is 27.3 Å². The summed E-state index contributed by atoms with van der Waals surface area (Å²) in [6, 6.07) is 3.48. The number of amides is 2. The molecule has 5 nitrogen and oxygen atoms in total. The van der Waals surface area contributed by atoms with Crippen molar-refractivity contribution in [3.8, 4) is 0 Å². The minimum absolute atomic E-state index is 0.324. The van der Waals surface area contributed by atoms with Crippen molar-refractivity contribution in [3.05, 3.63) is 44.6 Å². The Morgan fingerprint density at radius 2 is 2.18 bits per heavy atom. The fraction of sp³-hybridized carbons (Fsp3) is 0.200. The maximum atomic E-state index is 12.0. The number of furan rings is 1. The lowest BCUT2D eigenvalue weighted by Gasteiger charge is -2.03. The van der Waals surface area contributed by atoms with Crippen LogP contribution in [0.4, 0.5) is 5.00 Å². The van der Waals surface area contributed by atoms with Crippen LogP contribution in [0.5, 0.6) is 0 Å². The summed E-state index contributed by atoms with van der Waals surface area (Å²) in [7, 11) is 0. The Hall–Kier alpha value is -1.86. The van der Waals surface area contributed by atoms with Gasteiger partial charge in [0.1, 0.15) is 10.8 Å². The lowest BCUT2D eigenvalue weighted by molar-refractivity contribution is -0.111. The molecule has 2 amide bonds. The van der Waals surface area contributed by atoms with E-state index in [1.807, 2.05) is 0 Å². The van der Waals surface area contributed by atoms with Gasteiger partial charge in [-0.3, -0.25) is 9.59 Å². The molecule has 0 bridgehead atoms. The van der Waals surface area contributed by atoms with E-state index in [1.165, 1.54) is 17.4 Å². The van der Waals surface area contributed by atoms with E-state index in [2.05, 4.69) is 21.2 Å². The summed E-state index contributed by atoms with van der Waals surface area (Å²) in [5.41, 5.74) is 6.90. The van der Waals surface area contributed by atoms with Crippen molar-refractivity contribution < 1.29 is 14.0 Å². The summed E-state index contributed by atoms with van der Waals surface area (Å²) in [5, 5.41) is 3.27. The number of aryl methyl sites for hydroxylation is 1. The van der Waals surface area contributed by atoms with Crippen LogP contribution in [-0.4, -0.2) is 11.8 Å². The standard InChI is InChI=1S/C15H13BrN2O3S/c16-11-6-4-8(21-11)5-7-12(19)18-15-13(14(17)20)9-2-1-3-10(9)22-15/h4-7H,1-3H2,(H2,17,20)(H,18,19)/b7-5+. The van der Waals surface area contributed by atoms with E-state index >= 15 is 0 Å². The summed E-state index contributed by atoms with van der Waals surface area (Å²) in [6.45, 7) is 0. The summed E-state index contributed by atoms with van der Waals surface area (Å²) in [4.78, 5) is 24.8. The molecule has 0 atom stereocenters. The number of hydrogen-bond acceptors (Lipinski definition) is 4. The van der Waals surface area contributed by atoms with Gasteiger partial charge in [-0.25, -0.2) is 0 Å². The summed E-state index contributed by atoms with van der Waals surface area (Å²) in [5.74, 6) is -0.255. The van der Waals surface area contributed by atoms with Gasteiger partial charge in [-0.2, -0.15) is 0 Å². The predicted molar refractivity (Wildman–Crippen MR) is 88.9 cm³/mol. The number of rotatable bonds is 4. The molecule has 0 saturated heterocycles. The number of anilines is 1. The number of carbonyl (C=O) groups excluding carboxylic acids is 2. The quantitative estimate of drug-likeness (QED) is 0.797. The van der Waals surface area contributed by atoms with E-state index < -0.39 is 5.91 Å². The lowest BCUT2D eigenvalue weighted by Crippen LogP contribution is -2.16. The van der Waals surface area contributed by atoms with E-state index in [4.69, 9.17) is 10.2 Å². The zero-order chi connectivity index (χ0) is 15.7. The Labute approximate surface area is 139 Å².